The molecule has 1 amide bonds. The van der Waals surface area contributed by atoms with Gasteiger partial charge < -0.3 is 5.32 Å². The van der Waals surface area contributed by atoms with Crippen molar-refractivity contribution >= 4 is 33.2 Å². The summed E-state index contributed by atoms with van der Waals surface area (Å²) in [5.74, 6) is -0.998. The molecule has 0 heterocycles. The lowest BCUT2D eigenvalue weighted by Crippen LogP contribution is -2.38. The van der Waals surface area contributed by atoms with Gasteiger partial charge in [-0.25, -0.2) is 12.8 Å². The predicted molar refractivity (Wildman–Crippen MR) is 102 cm³/mol. The highest BCUT2D eigenvalue weighted by molar-refractivity contribution is 7.92. The van der Waals surface area contributed by atoms with E-state index in [2.05, 4.69) is 5.32 Å². The van der Waals surface area contributed by atoms with Crippen molar-refractivity contribution < 1.29 is 17.6 Å². The fourth-order valence-corrected chi connectivity index (χ4v) is 4.14. The number of halogens is 2. The normalized spacial score (nSPS) is 11.3. The molecule has 0 saturated carbocycles. The summed E-state index contributed by atoms with van der Waals surface area (Å²) in [5.41, 5.74) is 2.20. The molecule has 0 saturated heterocycles. The first kappa shape index (κ1) is 20.2. The second kappa shape index (κ2) is 8.05. The summed E-state index contributed by atoms with van der Waals surface area (Å²) < 4.78 is 38.8. The number of nitrogens with one attached hydrogen (secondary N) is 1. The third-order valence-electron chi connectivity index (χ3n) is 3.74. The van der Waals surface area contributed by atoms with Crippen LogP contribution in [0.15, 0.2) is 36.4 Å². The first-order valence-corrected chi connectivity index (χ1v) is 10.1. The summed E-state index contributed by atoms with van der Waals surface area (Å²) in [5, 5.41) is 2.92. The zero-order chi connectivity index (χ0) is 19.5. The maximum absolute atomic E-state index is 13.2. The number of carbonyl (C=O) groups is 1. The molecular formula is C18H20ClFN2O3S. The van der Waals surface area contributed by atoms with Gasteiger partial charge in [0.1, 0.15) is 5.82 Å². The zero-order valence-electron chi connectivity index (χ0n) is 14.7. The Morgan fingerprint density at radius 2 is 1.92 bits per heavy atom. The molecule has 0 aliphatic rings. The maximum Gasteiger partial charge on any atom is 0.251 e. The molecule has 0 radical (unpaired) electrons. The van der Waals surface area contributed by atoms with E-state index in [1.165, 1.54) is 18.2 Å². The fraction of sp³-hybridized carbons (Fsp3) is 0.278. The minimum atomic E-state index is -3.61. The number of sulfonamides is 1. The Hall–Kier alpha value is -2.12. The Balaban J connectivity index is 2.17. The number of hydrogen-bond acceptors (Lipinski definition) is 3. The molecule has 0 bridgehead atoms. The van der Waals surface area contributed by atoms with Crippen molar-refractivity contribution in [2.75, 3.05) is 23.7 Å². The van der Waals surface area contributed by atoms with Crippen LogP contribution in [-0.4, -0.2) is 33.7 Å². The third-order valence-corrected chi connectivity index (χ3v) is 5.19. The fourth-order valence-electron chi connectivity index (χ4n) is 2.67. The van der Waals surface area contributed by atoms with E-state index in [-0.39, 0.29) is 18.7 Å². The van der Waals surface area contributed by atoms with E-state index in [9.17, 15) is 17.6 Å². The molecule has 140 valence electrons. The predicted octanol–water partition coefficient (Wildman–Crippen LogP) is 3.29. The van der Waals surface area contributed by atoms with Gasteiger partial charge in [-0.2, -0.15) is 0 Å². The largest absolute Gasteiger partial charge is 0.350 e. The number of nitrogens with zero attached hydrogens (tertiary/aromatic N) is 1. The molecule has 2 aromatic rings. The topological polar surface area (TPSA) is 66.5 Å². The zero-order valence-corrected chi connectivity index (χ0v) is 16.3. The molecule has 0 spiro atoms. The van der Waals surface area contributed by atoms with E-state index in [1.54, 1.807) is 13.0 Å². The van der Waals surface area contributed by atoms with Gasteiger partial charge in [0, 0.05) is 12.1 Å². The second-order valence-electron chi connectivity index (χ2n) is 6.01. The van der Waals surface area contributed by atoms with Crippen LogP contribution in [0.25, 0.3) is 0 Å². The van der Waals surface area contributed by atoms with Crippen LogP contribution in [0.2, 0.25) is 5.02 Å². The molecule has 0 unspecified atom stereocenters. The van der Waals surface area contributed by atoms with Crippen molar-refractivity contribution in [1.82, 2.24) is 5.32 Å². The molecule has 0 aliphatic heterocycles. The molecule has 2 aromatic carbocycles. The van der Waals surface area contributed by atoms with Crippen molar-refractivity contribution in [2.45, 2.75) is 13.8 Å². The van der Waals surface area contributed by atoms with Crippen molar-refractivity contribution in [3.05, 3.63) is 63.9 Å². The molecule has 0 atom stereocenters. The van der Waals surface area contributed by atoms with Crippen molar-refractivity contribution in [3.63, 3.8) is 0 Å². The van der Waals surface area contributed by atoms with Crippen molar-refractivity contribution in [3.8, 4) is 0 Å². The highest BCUT2D eigenvalue weighted by Gasteiger charge is 2.22. The molecule has 0 aromatic heterocycles. The average Bonchev–Trinajstić information content (AvgIpc) is 2.51. The quantitative estimate of drug-likeness (QED) is 0.811. The van der Waals surface area contributed by atoms with Crippen LogP contribution in [0.1, 0.15) is 21.5 Å². The second-order valence-corrected chi connectivity index (χ2v) is 8.33. The summed E-state index contributed by atoms with van der Waals surface area (Å²) in [6.45, 7) is 3.69. The Morgan fingerprint density at radius 3 is 2.50 bits per heavy atom. The van der Waals surface area contributed by atoms with Crippen LogP contribution in [0, 0.1) is 19.7 Å². The Morgan fingerprint density at radius 1 is 1.23 bits per heavy atom. The number of anilines is 1. The Bertz CT molecular complexity index is 909. The van der Waals surface area contributed by atoms with Gasteiger partial charge in [0.2, 0.25) is 10.0 Å². The van der Waals surface area contributed by atoms with E-state index >= 15 is 0 Å². The molecular weight excluding hydrogens is 379 g/mol. The maximum atomic E-state index is 13.2. The van der Waals surface area contributed by atoms with Crippen molar-refractivity contribution in [1.29, 1.82) is 0 Å². The van der Waals surface area contributed by atoms with Gasteiger partial charge in [-0.3, -0.25) is 9.10 Å². The third kappa shape index (κ3) is 4.95. The summed E-state index contributed by atoms with van der Waals surface area (Å²) in [6.07, 6.45) is 1.08. The first-order chi connectivity index (χ1) is 12.1. The molecule has 5 nitrogen and oxygen atoms in total. The molecule has 0 fully saturated rings. The van der Waals surface area contributed by atoms with Gasteiger partial charge >= 0.3 is 0 Å². The van der Waals surface area contributed by atoms with E-state index in [0.29, 0.717) is 10.7 Å². The average molecular weight is 399 g/mol. The van der Waals surface area contributed by atoms with E-state index < -0.39 is 21.7 Å². The monoisotopic (exact) mass is 398 g/mol. The number of aryl methyl sites for hydroxylation is 2. The van der Waals surface area contributed by atoms with E-state index in [1.807, 2.05) is 13.0 Å². The molecule has 0 aliphatic carbocycles. The number of rotatable bonds is 6. The van der Waals surface area contributed by atoms with Gasteiger partial charge in [0.05, 0.1) is 23.5 Å². The van der Waals surface area contributed by atoms with Crippen LogP contribution >= 0.6 is 11.6 Å². The summed E-state index contributed by atoms with van der Waals surface area (Å²) >= 11 is 6.26. The van der Waals surface area contributed by atoms with Crippen LogP contribution in [-0.2, 0) is 10.0 Å². The molecule has 2 rings (SSSR count). The van der Waals surface area contributed by atoms with E-state index in [4.69, 9.17) is 11.6 Å². The van der Waals surface area contributed by atoms with Crippen molar-refractivity contribution in [2.24, 2.45) is 0 Å². The SMILES string of the molecule is Cc1cc(C)c(N(CCNC(=O)c2cccc(F)c2)S(C)(=O)=O)c(Cl)c1. The molecule has 26 heavy (non-hydrogen) atoms. The van der Waals surface area contributed by atoms with Crippen LogP contribution in [0.3, 0.4) is 0 Å². The smallest absolute Gasteiger partial charge is 0.251 e. The number of amides is 1. The number of hydrogen-bond donors (Lipinski definition) is 1. The van der Waals surface area contributed by atoms with Gasteiger partial charge in [0.25, 0.3) is 5.91 Å². The van der Waals surface area contributed by atoms with Crippen LogP contribution < -0.4 is 9.62 Å². The first-order valence-electron chi connectivity index (χ1n) is 7.88. The van der Waals surface area contributed by atoms with Gasteiger partial charge in [-0.1, -0.05) is 23.7 Å². The lowest BCUT2D eigenvalue weighted by atomic mass is 10.1. The Labute approximate surface area is 157 Å². The summed E-state index contributed by atoms with van der Waals surface area (Å²) in [4.78, 5) is 12.1. The Kier molecular flexibility index (Phi) is 6.26. The number of benzene rings is 2. The van der Waals surface area contributed by atoms with Gasteiger partial charge in [-0.05, 0) is 49.2 Å². The summed E-state index contributed by atoms with van der Waals surface area (Å²) in [6, 6.07) is 8.79. The van der Waals surface area contributed by atoms with Gasteiger partial charge in [-0.15, -0.1) is 0 Å². The molecule has 8 heteroatoms. The summed E-state index contributed by atoms with van der Waals surface area (Å²) in [7, 11) is -3.61. The van der Waals surface area contributed by atoms with Crippen LogP contribution in [0.5, 0.6) is 0 Å². The van der Waals surface area contributed by atoms with Gasteiger partial charge in [0.15, 0.2) is 0 Å². The molecule has 1 N–H and O–H groups in total. The van der Waals surface area contributed by atoms with E-state index in [0.717, 1.165) is 27.8 Å². The standard InChI is InChI=1S/C18H20ClFN2O3S/c1-12-9-13(2)17(16(19)10-12)22(26(3,24)25)8-7-21-18(23)14-5-4-6-15(20)11-14/h4-6,9-11H,7-8H2,1-3H3,(H,21,23). The lowest BCUT2D eigenvalue weighted by molar-refractivity contribution is 0.0954. The number of carbonyl (C=O) groups excluding carboxylic acids is 1. The highest BCUT2D eigenvalue weighted by Crippen LogP contribution is 2.32. The minimum Gasteiger partial charge on any atom is -0.350 e. The van der Waals surface area contributed by atoms with Crippen LogP contribution in [0.4, 0.5) is 10.1 Å². The highest BCUT2D eigenvalue weighted by atomic mass is 35.5. The lowest BCUT2D eigenvalue weighted by Gasteiger charge is -2.25. The minimum absolute atomic E-state index is 0.00348.